The number of carbonyl (C=O) groups is 1. The minimum Gasteiger partial charge on any atom is -0.342 e. The predicted octanol–water partition coefficient (Wildman–Crippen LogP) is 2.90. The Bertz CT molecular complexity index is 492. The molecule has 1 amide bonds. The van der Waals surface area contributed by atoms with Crippen LogP contribution in [0.5, 0.6) is 0 Å². The highest BCUT2D eigenvalue weighted by molar-refractivity contribution is 6.35. The molecule has 2 rings (SSSR count). The SMILES string of the molecule is CC(CN)N(C)C(=O)C1CC1c1ccc(Cl)cc1Cl. The van der Waals surface area contributed by atoms with Gasteiger partial charge in [0.1, 0.15) is 0 Å². The topological polar surface area (TPSA) is 46.3 Å². The van der Waals surface area contributed by atoms with Gasteiger partial charge in [-0.1, -0.05) is 29.3 Å². The van der Waals surface area contributed by atoms with Crippen molar-refractivity contribution in [2.75, 3.05) is 13.6 Å². The summed E-state index contributed by atoms with van der Waals surface area (Å²) in [4.78, 5) is 14.0. The summed E-state index contributed by atoms with van der Waals surface area (Å²) in [6.07, 6.45) is 0.849. The van der Waals surface area contributed by atoms with Gasteiger partial charge in [-0.3, -0.25) is 4.79 Å². The molecule has 0 bridgehead atoms. The lowest BCUT2D eigenvalue weighted by molar-refractivity contribution is -0.133. The number of nitrogens with zero attached hydrogens (tertiary/aromatic N) is 1. The van der Waals surface area contributed by atoms with Crippen molar-refractivity contribution in [2.45, 2.75) is 25.3 Å². The number of carbonyl (C=O) groups excluding carboxylic acids is 1. The highest BCUT2D eigenvalue weighted by atomic mass is 35.5. The van der Waals surface area contributed by atoms with Crippen LogP contribution in [0.4, 0.5) is 0 Å². The fourth-order valence-electron chi connectivity index (χ4n) is 2.25. The van der Waals surface area contributed by atoms with E-state index in [1.54, 1.807) is 18.0 Å². The summed E-state index contributed by atoms with van der Waals surface area (Å²) in [5.74, 6) is 0.385. The highest BCUT2D eigenvalue weighted by Crippen LogP contribution is 2.50. The number of hydrogen-bond donors (Lipinski definition) is 1. The molecule has 0 aromatic heterocycles. The average molecular weight is 301 g/mol. The molecule has 104 valence electrons. The van der Waals surface area contributed by atoms with Crippen LogP contribution in [0.1, 0.15) is 24.8 Å². The lowest BCUT2D eigenvalue weighted by Gasteiger charge is -2.23. The third-order valence-corrected chi connectivity index (χ3v) is 4.38. The zero-order chi connectivity index (χ0) is 14.2. The summed E-state index contributed by atoms with van der Waals surface area (Å²) < 4.78 is 0. The molecule has 0 heterocycles. The number of amides is 1. The summed E-state index contributed by atoms with van der Waals surface area (Å²) in [6, 6.07) is 5.52. The van der Waals surface area contributed by atoms with Gasteiger partial charge in [0, 0.05) is 35.6 Å². The third-order valence-electron chi connectivity index (χ3n) is 3.82. The first-order valence-corrected chi connectivity index (χ1v) is 7.13. The fourth-order valence-corrected chi connectivity index (χ4v) is 2.80. The molecule has 0 saturated heterocycles. The Morgan fingerprint density at radius 2 is 2.21 bits per heavy atom. The Labute approximate surface area is 123 Å². The van der Waals surface area contributed by atoms with E-state index in [0.29, 0.717) is 16.6 Å². The highest BCUT2D eigenvalue weighted by Gasteiger charge is 2.46. The molecule has 3 unspecified atom stereocenters. The van der Waals surface area contributed by atoms with Crippen LogP contribution in [-0.2, 0) is 4.79 Å². The van der Waals surface area contributed by atoms with E-state index in [9.17, 15) is 4.79 Å². The molecule has 0 spiro atoms. The van der Waals surface area contributed by atoms with E-state index in [1.165, 1.54) is 0 Å². The Kier molecular flexibility index (Phi) is 4.39. The molecule has 1 aromatic rings. The van der Waals surface area contributed by atoms with Crippen molar-refractivity contribution in [1.82, 2.24) is 4.90 Å². The lowest BCUT2D eigenvalue weighted by Crippen LogP contribution is -2.40. The Morgan fingerprint density at radius 1 is 1.53 bits per heavy atom. The number of halogens is 2. The second-order valence-corrected chi connectivity index (χ2v) is 5.99. The van der Waals surface area contributed by atoms with E-state index in [-0.39, 0.29) is 23.8 Å². The number of rotatable bonds is 4. The first-order valence-electron chi connectivity index (χ1n) is 6.37. The Hall–Kier alpha value is -0.770. The average Bonchev–Trinajstić information content (AvgIpc) is 3.16. The molecule has 1 saturated carbocycles. The van der Waals surface area contributed by atoms with Crippen molar-refractivity contribution in [2.24, 2.45) is 11.7 Å². The Morgan fingerprint density at radius 3 is 2.79 bits per heavy atom. The molecule has 0 aliphatic heterocycles. The van der Waals surface area contributed by atoms with Gasteiger partial charge < -0.3 is 10.6 Å². The quantitative estimate of drug-likeness (QED) is 0.929. The van der Waals surface area contributed by atoms with Crippen LogP contribution in [0.3, 0.4) is 0 Å². The third kappa shape index (κ3) is 3.04. The van der Waals surface area contributed by atoms with Crippen LogP contribution in [0.25, 0.3) is 0 Å². The molecule has 0 radical (unpaired) electrons. The molecule has 19 heavy (non-hydrogen) atoms. The zero-order valence-electron chi connectivity index (χ0n) is 11.1. The van der Waals surface area contributed by atoms with Crippen LogP contribution in [0.2, 0.25) is 10.0 Å². The van der Waals surface area contributed by atoms with Gasteiger partial charge in [-0.05, 0) is 37.0 Å². The van der Waals surface area contributed by atoms with Gasteiger partial charge in [-0.2, -0.15) is 0 Å². The number of likely N-dealkylation sites (N-methyl/N-ethyl adjacent to an activating group) is 1. The summed E-state index contributed by atoms with van der Waals surface area (Å²) >= 11 is 12.1. The van der Waals surface area contributed by atoms with E-state index in [2.05, 4.69) is 0 Å². The van der Waals surface area contributed by atoms with Crippen LogP contribution < -0.4 is 5.73 Å². The molecular formula is C14H18Cl2N2O. The summed E-state index contributed by atoms with van der Waals surface area (Å²) in [6.45, 7) is 2.42. The van der Waals surface area contributed by atoms with Crippen molar-refractivity contribution in [1.29, 1.82) is 0 Å². The van der Waals surface area contributed by atoms with Crippen LogP contribution in [-0.4, -0.2) is 30.4 Å². The second-order valence-electron chi connectivity index (χ2n) is 5.15. The minimum atomic E-state index is 0.0256. The zero-order valence-corrected chi connectivity index (χ0v) is 12.6. The van der Waals surface area contributed by atoms with Gasteiger partial charge in [0.2, 0.25) is 5.91 Å². The smallest absolute Gasteiger partial charge is 0.226 e. The van der Waals surface area contributed by atoms with Crippen molar-refractivity contribution < 1.29 is 4.79 Å². The molecule has 3 atom stereocenters. The molecule has 5 heteroatoms. The maximum absolute atomic E-state index is 12.3. The van der Waals surface area contributed by atoms with Crippen molar-refractivity contribution in [3.05, 3.63) is 33.8 Å². The van der Waals surface area contributed by atoms with Gasteiger partial charge in [-0.25, -0.2) is 0 Å². The van der Waals surface area contributed by atoms with Crippen molar-refractivity contribution >= 4 is 29.1 Å². The molecule has 3 nitrogen and oxygen atoms in total. The predicted molar refractivity (Wildman–Crippen MR) is 78.6 cm³/mol. The van der Waals surface area contributed by atoms with Crippen molar-refractivity contribution in [3.8, 4) is 0 Å². The number of benzene rings is 1. The first kappa shape index (κ1) is 14.6. The number of hydrogen-bond acceptors (Lipinski definition) is 2. The van der Waals surface area contributed by atoms with E-state index in [0.717, 1.165) is 12.0 Å². The molecule has 1 aliphatic carbocycles. The van der Waals surface area contributed by atoms with Gasteiger partial charge in [-0.15, -0.1) is 0 Å². The van der Waals surface area contributed by atoms with Gasteiger partial charge in [0.25, 0.3) is 0 Å². The maximum atomic E-state index is 12.3. The standard InChI is InChI=1S/C14H18Cl2N2O/c1-8(7-17)18(2)14(19)12-6-11(12)10-4-3-9(15)5-13(10)16/h3-5,8,11-12H,6-7,17H2,1-2H3. The Balaban J connectivity index is 2.06. The molecular weight excluding hydrogens is 283 g/mol. The minimum absolute atomic E-state index is 0.0256. The summed E-state index contributed by atoms with van der Waals surface area (Å²) in [5.41, 5.74) is 6.60. The van der Waals surface area contributed by atoms with Crippen LogP contribution in [0, 0.1) is 5.92 Å². The molecule has 1 aliphatic rings. The number of nitrogens with two attached hydrogens (primary N) is 1. The largest absolute Gasteiger partial charge is 0.342 e. The van der Waals surface area contributed by atoms with Crippen molar-refractivity contribution in [3.63, 3.8) is 0 Å². The van der Waals surface area contributed by atoms with E-state index in [4.69, 9.17) is 28.9 Å². The van der Waals surface area contributed by atoms with E-state index >= 15 is 0 Å². The first-order chi connectivity index (χ1) is 8.95. The van der Waals surface area contributed by atoms with Crippen LogP contribution in [0.15, 0.2) is 18.2 Å². The molecule has 1 fully saturated rings. The second kappa shape index (κ2) is 5.70. The molecule has 2 N–H and O–H groups in total. The van der Waals surface area contributed by atoms with E-state index in [1.807, 2.05) is 19.1 Å². The van der Waals surface area contributed by atoms with E-state index < -0.39 is 0 Å². The van der Waals surface area contributed by atoms with Gasteiger partial charge in [0.05, 0.1) is 0 Å². The van der Waals surface area contributed by atoms with Gasteiger partial charge in [0.15, 0.2) is 0 Å². The maximum Gasteiger partial charge on any atom is 0.226 e. The van der Waals surface area contributed by atoms with Crippen LogP contribution >= 0.6 is 23.2 Å². The lowest BCUT2D eigenvalue weighted by atomic mass is 10.1. The normalized spacial score (nSPS) is 23.0. The summed E-state index contributed by atoms with van der Waals surface area (Å²) in [7, 11) is 1.80. The monoisotopic (exact) mass is 300 g/mol. The fraction of sp³-hybridized carbons (Fsp3) is 0.500. The summed E-state index contributed by atoms with van der Waals surface area (Å²) in [5, 5.41) is 1.26. The van der Waals surface area contributed by atoms with Gasteiger partial charge >= 0.3 is 0 Å². The molecule has 1 aromatic carbocycles.